The largest absolute Gasteiger partial charge is 0.349 e. The first-order valence-corrected chi connectivity index (χ1v) is 12.7. The molecule has 1 saturated heterocycles. The molecule has 2 aliphatic rings. The molecular weight excluding hydrogens is 488 g/mol. The van der Waals surface area contributed by atoms with Crippen LogP contribution in [0.1, 0.15) is 41.6 Å². The molecule has 1 aliphatic heterocycles. The maximum Gasteiger partial charge on any atom is 0.265 e. The fourth-order valence-corrected chi connectivity index (χ4v) is 5.45. The van der Waals surface area contributed by atoms with Gasteiger partial charge in [0.25, 0.3) is 11.8 Å². The van der Waals surface area contributed by atoms with Crippen LogP contribution in [0.15, 0.2) is 53.4 Å². The number of hydrogen-bond donors (Lipinski definition) is 2. The molecule has 0 radical (unpaired) electrons. The zero-order chi connectivity index (χ0) is 24.5. The van der Waals surface area contributed by atoms with Crippen molar-refractivity contribution in [1.29, 1.82) is 0 Å². The summed E-state index contributed by atoms with van der Waals surface area (Å²) in [5.41, 5.74) is 0.930. The van der Waals surface area contributed by atoms with Gasteiger partial charge in [-0.25, -0.2) is 17.2 Å². The second-order valence-electron chi connectivity index (χ2n) is 8.58. The van der Waals surface area contributed by atoms with Crippen molar-refractivity contribution < 1.29 is 26.8 Å². The molecule has 1 heterocycles. The average Bonchev–Trinajstić information content (AvgIpc) is 3.62. The van der Waals surface area contributed by atoms with Gasteiger partial charge in [0.1, 0.15) is 6.04 Å². The van der Waals surface area contributed by atoms with Crippen molar-refractivity contribution in [1.82, 2.24) is 14.9 Å². The number of halogens is 3. The molecule has 2 fully saturated rings. The standard InChI is InChI=1S/C23H24ClF2N3O4S/c24-17-5-9-19(10-6-17)34(32,33)29(20-11-12-23(25,26)14-27-22(20)31)13-15-1-3-16(4-2-15)21(30)28-18-7-8-18/h1-6,9-10,18,20H,7-8,11-14H2,(H,27,31)(H,28,30). The number of amides is 2. The van der Waals surface area contributed by atoms with E-state index < -0.39 is 40.9 Å². The molecule has 2 aromatic rings. The number of sulfonamides is 1. The van der Waals surface area contributed by atoms with E-state index in [2.05, 4.69) is 10.6 Å². The van der Waals surface area contributed by atoms with Gasteiger partial charge in [0.15, 0.2) is 0 Å². The molecule has 1 saturated carbocycles. The van der Waals surface area contributed by atoms with Gasteiger partial charge in [-0.1, -0.05) is 23.7 Å². The summed E-state index contributed by atoms with van der Waals surface area (Å²) in [4.78, 5) is 24.8. The molecule has 2 amide bonds. The number of rotatable bonds is 7. The predicted molar refractivity (Wildman–Crippen MR) is 122 cm³/mol. The van der Waals surface area contributed by atoms with Crippen LogP contribution in [0, 0.1) is 0 Å². The number of carbonyl (C=O) groups is 2. The highest BCUT2D eigenvalue weighted by Crippen LogP contribution is 2.30. The molecule has 0 spiro atoms. The third-order valence-electron chi connectivity index (χ3n) is 5.84. The second kappa shape index (κ2) is 9.59. The SMILES string of the molecule is O=C(NC1CC1)c1ccc(CN(C2CCC(F)(F)CNC2=O)S(=O)(=O)c2ccc(Cl)cc2)cc1. The molecule has 1 aliphatic carbocycles. The minimum atomic E-state index is -4.25. The Hall–Kier alpha value is -2.56. The van der Waals surface area contributed by atoms with Gasteiger partial charge in [0, 0.05) is 29.6 Å². The van der Waals surface area contributed by atoms with Gasteiger partial charge in [-0.2, -0.15) is 4.31 Å². The van der Waals surface area contributed by atoms with Crippen molar-refractivity contribution in [3.05, 3.63) is 64.7 Å². The Balaban J connectivity index is 1.64. The maximum absolute atomic E-state index is 13.9. The summed E-state index contributed by atoms with van der Waals surface area (Å²) >= 11 is 5.88. The van der Waals surface area contributed by atoms with Crippen LogP contribution in [0.25, 0.3) is 0 Å². The first kappa shape index (κ1) is 24.6. The molecule has 2 aromatic carbocycles. The average molecular weight is 512 g/mol. The highest BCUT2D eigenvalue weighted by Gasteiger charge is 2.42. The van der Waals surface area contributed by atoms with E-state index in [1.807, 2.05) is 0 Å². The van der Waals surface area contributed by atoms with E-state index in [-0.39, 0.29) is 29.8 Å². The number of hydrogen-bond acceptors (Lipinski definition) is 4. The smallest absolute Gasteiger partial charge is 0.265 e. The fraction of sp³-hybridized carbons (Fsp3) is 0.391. The molecule has 0 aromatic heterocycles. The van der Waals surface area contributed by atoms with Crippen molar-refractivity contribution in [3.63, 3.8) is 0 Å². The number of alkyl halides is 2. The molecule has 0 bridgehead atoms. The second-order valence-corrected chi connectivity index (χ2v) is 10.9. The van der Waals surface area contributed by atoms with Crippen LogP contribution in [0.2, 0.25) is 5.02 Å². The summed E-state index contributed by atoms with van der Waals surface area (Å²) < 4.78 is 55.9. The molecular formula is C23H24ClF2N3O4S. The Morgan fingerprint density at radius 2 is 1.74 bits per heavy atom. The summed E-state index contributed by atoms with van der Waals surface area (Å²) in [6.45, 7) is -1.08. The van der Waals surface area contributed by atoms with E-state index in [9.17, 15) is 26.8 Å². The van der Waals surface area contributed by atoms with Gasteiger partial charge in [-0.15, -0.1) is 0 Å². The normalized spacial score (nSPS) is 20.5. The van der Waals surface area contributed by atoms with Crippen molar-refractivity contribution in [2.24, 2.45) is 0 Å². The lowest BCUT2D eigenvalue weighted by Gasteiger charge is -2.29. The number of carbonyl (C=O) groups excluding carboxylic acids is 2. The van der Waals surface area contributed by atoms with Gasteiger partial charge in [0.2, 0.25) is 15.9 Å². The summed E-state index contributed by atoms with van der Waals surface area (Å²) in [6.07, 6.45) is 0.921. The summed E-state index contributed by atoms with van der Waals surface area (Å²) in [6, 6.07) is 10.6. The minimum absolute atomic E-state index is 0.110. The fourth-order valence-electron chi connectivity index (χ4n) is 3.72. The third kappa shape index (κ3) is 5.73. The molecule has 4 rings (SSSR count). The Bertz CT molecular complexity index is 1170. The lowest BCUT2D eigenvalue weighted by atomic mass is 10.1. The van der Waals surface area contributed by atoms with Crippen LogP contribution in [-0.4, -0.2) is 49.1 Å². The molecule has 2 N–H and O–H groups in total. The summed E-state index contributed by atoms with van der Waals surface area (Å²) in [5, 5.41) is 5.37. The maximum atomic E-state index is 13.9. The summed E-state index contributed by atoms with van der Waals surface area (Å²) in [7, 11) is -4.25. The Morgan fingerprint density at radius 3 is 2.35 bits per heavy atom. The van der Waals surface area contributed by atoms with Gasteiger partial charge in [-0.05, 0) is 61.2 Å². The highest BCUT2D eigenvalue weighted by molar-refractivity contribution is 7.89. The van der Waals surface area contributed by atoms with Crippen molar-refractivity contribution in [2.45, 2.75) is 55.1 Å². The van der Waals surface area contributed by atoms with E-state index in [0.29, 0.717) is 16.1 Å². The van der Waals surface area contributed by atoms with E-state index in [0.717, 1.165) is 17.1 Å². The van der Waals surface area contributed by atoms with Crippen LogP contribution in [-0.2, 0) is 21.4 Å². The molecule has 11 heteroatoms. The van der Waals surface area contributed by atoms with Gasteiger partial charge >= 0.3 is 0 Å². The van der Waals surface area contributed by atoms with Crippen LogP contribution in [0.3, 0.4) is 0 Å². The van der Waals surface area contributed by atoms with E-state index >= 15 is 0 Å². The molecule has 7 nitrogen and oxygen atoms in total. The molecule has 1 unspecified atom stereocenters. The van der Waals surface area contributed by atoms with E-state index in [4.69, 9.17) is 11.6 Å². The van der Waals surface area contributed by atoms with Crippen LogP contribution in [0.4, 0.5) is 8.78 Å². The Morgan fingerprint density at radius 1 is 1.09 bits per heavy atom. The van der Waals surface area contributed by atoms with Crippen LogP contribution in [0.5, 0.6) is 0 Å². The van der Waals surface area contributed by atoms with Crippen molar-refractivity contribution in [2.75, 3.05) is 6.54 Å². The van der Waals surface area contributed by atoms with E-state index in [1.54, 1.807) is 24.3 Å². The van der Waals surface area contributed by atoms with Crippen LogP contribution < -0.4 is 10.6 Å². The highest BCUT2D eigenvalue weighted by atomic mass is 35.5. The monoisotopic (exact) mass is 511 g/mol. The molecule has 34 heavy (non-hydrogen) atoms. The Labute approximate surface area is 201 Å². The number of nitrogens with one attached hydrogen (secondary N) is 2. The lowest BCUT2D eigenvalue weighted by Crippen LogP contribution is -2.48. The predicted octanol–water partition coefficient (Wildman–Crippen LogP) is 3.34. The minimum Gasteiger partial charge on any atom is -0.349 e. The molecule has 182 valence electrons. The quantitative estimate of drug-likeness (QED) is 0.596. The Kier molecular flexibility index (Phi) is 6.93. The molecule has 1 atom stereocenters. The van der Waals surface area contributed by atoms with Gasteiger partial charge < -0.3 is 10.6 Å². The van der Waals surface area contributed by atoms with E-state index in [1.165, 1.54) is 24.3 Å². The first-order chi connectivity index (χ1) is 16.0. The van der Waals surface area contributed by atoms with Crippen molar-refractivity contribution >= 4 is 33.4 Å². The topological polar surface area (TPSA) is 95.6 Å². The van der Waals surface area contributed by atoms with Gasteiger partial charge in [0.05, 0.1) is 11.4 Å². The van der Waals surface area contributed by atoms with Crippen LogP contribution >= 0.6 is 11.6 Å². The van der Waals surface area contributed by atoms with Crippen molar-refractivity contribution in [3.8, 4) is 0 Å². The first-order valence-electron chi connectivity index (χ1n) is 10.9. The zero-order valence-electron chi connectivity index (χ0n) is 18.1. The third-order valence-corrected chi connectivity index (χ3v) is 7.96. The zero-order valence-corrected chi connectivity index (χ0v) is 19.7. The summed E-state index contributed by atoms with van der Waals surface area (Å²) in [5.74, 6) is -4.13. The number of benzene rings is 2. The van der Waals surface area contributed by atoms with Gasteiger partial charge in [-0.3, -0.25) is 9.59 Å². The number of nitrogens with zero attached hydrogens (tertiary/aromatic N) is 1. The lowest BCUT2D eigenvalue weighted by molar-refractivity contribution is -0.125.